The predicted octanol–water partition coefficient (Wildman–Crippen LogP) is 0.962. The average Bonchev–Trinajstić information content (AvgIpc) is 2.79. The van der Waals surface area contributed by atoms with Gasteiger partial charge in [0.2, 0.25) is 0 Å². The second-order valence-corrected chi connectivity index (χ2v) is 3.99. The van der Waals surface area contributed by atoms with Gasteiger partial charge in [-0.3, -0.25) is 4.68 Å². The number of nitrogens with two attached hydrogens (primary N) is 1. The lowest BCUT2D eigenvalue weighted by atomic mass is 10.1. The molecule has 0 spiro atoms. The Kier molecular flexibility index (Phi) is 4.18. The van der Waals surface area contributed by atoms with Gasteiger partial charge in [-0.25, -0.2) is 0 Å². The van der Waals surface area contributed by atoms with Gasteiger partial charge in [0.1, 0.15) is 0 Å². The van der Waals surface area contributed by atoms with Crippen molar-refractivity contribution in [2.45, 2.75) is 25.3 Å². The maximum absolute atomic E-state index is 5.52. The Morgan fingerprint density at radius 2 is 2.31 bits per heavy atom. The van der Waals surface area contributed by atoms with E-state index in [2.05, 4.69) is 5.10 Å². The monoisotopic (exact) mass is 225 g/mol. The zero-order chi connectivity index (χ0) is 11.2. The molecule has 1 aliphatic rings. The highest BCUT2D eigenvalue weighted by Crippen LogP contribution is 2.22. The second kappa shape index (κ2) is 5.86. The lowest BCUT2D eigenvalue weighted by molar-refractivity contribution is 0.0661. The third kappa shape index (κ3) is 2.96. The highest BCUT2D eigenvalue weighted by Gasteiger charge is 2.16. The molecule has 1 fully saturated rings. The fourth-order valence-electron chi connectivity index (χ4n) is 1.82. The maximum atomic E-state index is 5.52. The SMILES string of the molecule is NCCCOc1cnn(C2CCOCC2)c1. The summed E-state index contributed by atoms with van der Waals surface area (Å²) < 4.78 is 12.8. The van der Waals surface area contributed by atoms with Gasteiger partial charge < -0.3 is 15.2 Å². The molecule has 0 unspecified atom stereocenters. The molecule has 0 radical (unpaired) electrons. The molecule has 1 saturated heterocycles. The molecule has 0 saturated carbocycles. The van der Waals surface area contributed by atoms with E-state index in [-0.39, 0.29) is 0 Å². The number of nitrogens with zero attached hydrogens (tertiary/aromatic N) is 2. The molecule has 1 aromatic rings. The molecule has 2 N–H and O–H groups in total. The fourth-order valence-corrected chi connectivity index (χ4v) is 1.82. The highest BCUT2D eigenvalue weighted by molar-refractivity contribution is 5.12. The van der Waals surface area contributed by atoms with E-state index in [0.29, 0.717) is 19.2 Å². The first-order valence-corrected chi connectivity index (χ1v) is 5.85. The minimum atomic E-state index is 0.459. The molecule has 1 aliphatic heterocycles. The molecule has 0 aliphatic carbocycles. The van der Waals surface area contributed by atoms with E-state index in [1.54, 1.807) is 6.20 Å². The van der Waals surface area contributed by atoms with Crippen molar-refractivity contribution in [1.82, 2.24) is 9.78 Å². The van der Waals surface area contributed by atoms with Crippen LogP contribution in [0, 0.1) is 0 Å². The van der Waals surface area contributed by atoms with Crippen LogP contribution in [0.4, 0.5) is 0 Å². The summed E-state index contributed by atoms with van der Waals surface area (Å²) in [4.78, 5) is 0. The summed E-state index contributed by atoms with van der Waals surface area (Å²) in [6.45, 7) is 2.98. The van der Waals surface area contributed by atoms with Gasteiger partial charge in [-0.05, 0) is 25.8 Å². The molecular formula is C11H19N3O2. The van der Waals surface area contributed by atoms with Crippen LogP contribution < -0.4 is 10.5 Å². The molecular weight excluding hydrogens is 206 g/mol. The van der Waals surface area contributed by atoms with Crippen LogP contribution in [0.3, 0.4) is 0 Å². The van der Waals surface area contributed by atoms with Crippen molar-refractivity contribution >= 4 is 0 Å². The van der Waals surface area contributed by atoms with Gasteiger partial charge in [0, 0.05) is 13.2 Å². The third-order valence-electron chi connectivity index (χ3n) is 2.76. The van der Waals surface area contributed by atoms with Gasteiger partial charge in [-0.15, -0.1) is 0 Å². The van der Waals surface area contributed by atoms with E-state index in [9.17, 15) is 0 Å². The first kappa shape index (κ1) is 11.4. The number of hydrogen-bond donors (Lipinski definition) is 1. The molecule has 16 heavy (non-hydrogen) atoms. The van der Waals surface area contributed by atoms with Crippen LogP contribution in [0.1, 0.15) is 25.3 Å². The van der Waals surface area contributed by atoms with E-state index in [1.165, 1.54) is 0 Å². The Hall–Kier alpha value is -1.07. The van der Waals surface area contributed by atoms with E-state index in [0.717, 1.165) is 38.2 Å². The standard InChI is InChI=1S/C11H19N3O2/c12-4-1-5-16-11-8-13-14(9-11)10-2-6-15-7-3-10/h8-10H,1-7,12H2. The number of hydrogen-bond acceptors (Lipinski definition) is 4. The molecule has 2 rings (SSSR count). The van der Waals surface area contributed by atoms with Crippen LogP contribution >= 0.6 is 0 Å². The number of rotatable bonds is 5. The summed E-state index contributed by atoms with van der Waals surface area (Å²) in [6, 6.07) is 0.459. The van der Waals surface area contributed by atoms with Crippen LogP contribution in [0.2, 0.25) is 0 Å². The zero-order valence-corrected chi connectivity index (χ0v) is 9.47. The quantitative estimate of drug-likeness (QED) is 0.758. The van der Waals surface area contributed by atoms with Crippen molar-refractivity contribution in [2.24, 2.45) is 5.73 Å². The molecule has 90 valence electrons. The van der Waals surface area contributed by atoms with E-state index in [4.69, 9.17) is 15.2 Å². The Bertz CT molecular complexity index is 308. The van der Waals surface area contributed by atoms with Crippen molar-refractivity contribution < 1.29 is 9.47 Å². The summed E-state index contributed by atoms with van der Waals surface area (Å²) in [5.41, 5.74) is 5.40. The Morgan fingerprint density at radius 3 is 3.06 bits per heavy atom. The van der Waals surface area contributed by atoms with Gasteiger partial charge >= 0.3 is 0 Å². The first-order chi connectivity index (χ1) is 7.90. The summed E-state index contributed by atoms with van der Waals surface area (Å²) in [5, 5.41) is 4.32. The summed E-state index contributed by atoms with van der Waals surface area (Å²) in [7, 11) is 0. The summed E-state index contributed by atoms with van der Waals surface area (Å²) in [6.07, 6.45) is 6.68. The van der Waals surface area contributed by atoms with Crippen molar-refractivity contribution in [3.05, 3.63) is 12.4 Å². The van der Waals surface area contributed by atoms with Gasteiger partial charge in [0.05, 0.1) is 25.0 Å². The topological polar surface area (TPSA) is 62.3 Å². The molecule has 0 aromatic carbocycles. The molecule has 1 aromatic heterocycles. The molecule has 0 atom stereocenters. The smallest absolute Gasteiger partial charge is 0.157 e. The van der Waals surface area contributed by atoms with Gasteiger partial charge in [-0.1, -0.05) is 0 Å². The summed E-state index contributed by atoms with van der Waals surface area (Å²) >= 11 is 0. The first-order valence-electron chi connectivity index (χ1n) is 5.85. The Labute approximate surface area is 95.5 Å². The second-order valence-electron chi connectivity index (χ2n) is 3.99. The largest absolute Gasteiger partial charge is 0.490 e. The van der Waals surface area contributed by atoms with Crippen molar-refractivity contribution in [1.29, 1.82) is 0 Å². The summed E-state index contributed by atoms with van der Waals surface area (Å²) in [5.74, 6) is 0.833. The van der Waals surface area contributed by atoms with Crippen molar-refractivity contribution in [3.8, 4) is 5.75 Å². The molecule has 0 amide bonds. The average molecular weight is 225 g/mol. The maximum Gasteiger partial charge on any atom is 0.157 e. The van der Waals surface area contributed by atoms with Crippen LogP contribution in [0.25, 0.3) is 0 Å². The highest BCUT2D eigenvalue weighted by atomic mass is 16.5. The minimum Gasteiger partial charge on any atom is -0.490 e. The van der Waals surface area contributed by atoms with E-state index in [1.807, 2.05) is 10.9 Å². The normalized spacial score (nSPS) is 17.6. The van der Waals surface area contributed by atoms with Crippen LogP contribution in [-0.2, 0) is 4.74 Å². The van der Waals surface area contributed by atoms with Crippen LogP contribution in [0.5, 0.6) is 5.75 Å². The third-order valence-corrected chi connectivity index (χ3v) is 2.76. The lowest BCUT2D eigenvalue weighted by Crippen LogP contribution is -2.19. The van der Waals surface area contributed by atoms with E-state index < -0.39 is 0 Å². The Balaban J connectivity index is 1.85. The fraction of sp³-hybridized carbons (Fsp3) is 0.727. The van der Waals surface area contributed by atoms with Gasteiger partial charge in [-0.2, -0.15) is 5.10 Å². The molecule has 2 heterocycles. The molecule has 0 bridgehead atoms. The van der Waals surface area contributed by atoms with Crippen LogP contribution in [0.15, 0.2) is 12.4 Å². The van der Waals surface area contributed by atoms with E-state index >= 15 is 0 Å². The van der Waals surface area contributed by atoms with Crippen molar-refractivity contribution in [3.63, 3.8) is 0 Å². The van der Waals surface area contributed by atoms with Gasteiger partial charge in [0.15, 0.2) is 5.75 Å². The lowest BCUT2D eigenvalue weighted by Gasteiger charge is -2.22. The van der Waals surface area contributed by atoms with Gasteiger partial charge in [0.25, 0.3) is 0 Å². The van der Waals surface area contributed by atoms with Crippen LogP contribution in [-0.4, -0.2) is 36.1 Å². The Morgan fingerprint density at radius 1 is 1.50 bits per heavy atom. The number of ether oxygens (including phenoxy) is 2. The zero-order valence-electron chi connectivity index (χ0n) is 9.47. The molecule has 5 heteroatoms. The molecule has 5 nitrogen and oxygen atoms in total. The minimum absolute atomic E-state index is 0.459. The number of aromatic nitrogens is 2. The van der Waals surface area contributed by atoms with Crippen molar-refractivity contribution in [2.75, 3.05) is 26.4 Å². The predicted molar refractivity (Wildman–Crippen MR) is 60.5 cm³/mol.